The van der Waals surface area contributed by atoms with Crippen molar-refractivity contribution < 1.29 is 19.1 Å². The molecule has 0 unspecified atom stereocenters. The van der Waals surface area contributed by atoms with Gasteiger partial charge in [0.2, 0.25) is 5.91 Å². The zero-order valence-electron chi connectivity index (χ0n) is 34.7. The van der Waals surface area contributed by atoms with Crippen molar-refractivity contribution in [2.24, 2.45) is 0 Å². The van der Waals surface area contributed by atoms with E-state index in [2.05, 4.69) is 124 Å². The fraction of sp³-hybridized carbons (Fsp3) is 0.420. The number of benzene rings is 2. The number of carbonyl (C=O) groups excluding carboxylic acids is 3. The van der Waals surface area contributed by atoms with Crippen molar-refractivity contribution in [2.45, 2.75) is 110 Å². The third-order valence-electron chi connectivity index (χ3n) is 9.97. The van der Waals surface area contributed by atoms with E-state index in [0.717, 1.165) is 56.9 Å². The highest BCUT2D eigenvalue weighted by molar-refractivity contribution is 6.07. The molecule has 1 aliphatic carbocycles. The van der Waals surface area contributed by atoms with Crippen LogP contribution in [0.25, 0.3) is 6.08 Å². The molecule has 0 aliphatic heterocycles. The van der Waals surface area contributed by atoms with Gasteiger partial charge >= 0.3 is 0 Å². The molecule has 0 saturated carbocycles. The summed E-state index contributed by atoms with van der Waals surface area (Å²) in [5.74, 6) is -0.229. The second-order valence-corrected chi connectivity index (χ2v) is 15.5. The summed E-state index contributed by atoms with van der Waals surface area (Å²) in [6.45, 7) is 12.7. The molecule has 6 heteroatoms. The zero-order valence-corrected chi connectivity index (χ0v) is 34.7. The number of carbonyl (C=O) groups is 3. The molecule has 0 heterocycles. The van der Waals surface area contributed by atoms with Crippen LogP contribution in [-0.4, -0.2) is 43.9 Å². The molecule has 0 aromatic heterocycles. The molecule has 0 saturated heterocycles. The molecular weight excluding hydrogens is 693 g/mol. The number of hydrogen-bond donors (Lipinski definition) is 2. The van der Waals surface area contributed by atoms with E-state index in [1.807, 2.05) is 24.3 Å². The fourth-order valence-corrected chi connectivity index (χ4v) is 6.40. The average molecular weight is 759 g/mol. The Morgan fingerprint density at radius 3 is 1.70 bits per heavy atom. The third-order valence-corrected chi connectivity index (χ3v) is 9.97. The van der Waals surface area contributed by atoms with Crippen molar-refractivity contribution in [1.82, 2.24) is 10.6 Å². The van der Waals surface area contributed by atoms with Crippen molar-refractivity contribution in [3.05, 3.63) is 149 Å². The number of hydrogen-bond acceptors (Lipinski definition) is 4. The van der Waals surface area contributed by atoms with Crippen LogP contribution in [0.1, 0.15) is 136 Å². The van der Waals surface area contributed by atoms with Crippen LogP contribution in [0, 0.1) is 0 Å². The van der Waals surface area contributed by atoms with Crippen LogP contribution in [0.3, 0.4) is 0 Å². The molecule has 300 valence electrons. The predicted molar refractivity (Wildman–Crippen MR) is 235 cm³/mol. The average Bonchev–Trinajstić information content (AvgIpc) is 3.19. The predicted octanol–water partition coefficient (Wildman–Crippen LogP) is 11.3. The second-order valence-electron chi connectivity index (χ2n) is 15.5. The van der Waals surface area contributed by atoms with Gasteiger partial charge in [0.25, 0.3) is 5.91 Å². The molecule has 0 fully saturated rings. The Balaban J connectivity index is 1.20. The minimum absolute atomic E-state index is 0.00384. The summed E-state index contributed by atoms with van der Waals surface area (Å²) in [6.07, 6.45) is 38.6. The highest BCUT2D eigenvalue weighted by atomic mass is 16.5. The van der Waals surface area contributed by atoms with Crippen LogP contribution < -0.4 is 10.6 Å². The first-order chi connectivity index (χ1) is 27.0. The minimum atomic E-state index is -0.192. The van der Waals surface area contributed by atoms with E-state index >= 15 is 0 Å². The van der Waals surface area contributed by atoms with E-state index in [4.69, 9.17) is 4.74 Å². The molecular formula is C50H66N2O4. The lowest BCUT2D eigenvalue weighted by atomic mass is 9.63. The van der Waals surface area contributed by atoms with E-state index in [9.17, 15) is 14.4 Å². The Bertz CT molecular complexity index is 1730. The maximum atomic E-state index is 13.1. The van der Waals surface area contributed by atoms with Gasteiger partial charge in [0.15, 0.2) is 5.78 Å². The third kappa shape index (κ3) is 17.3. The molecule has 3 rings (SSSR count). The lowest BCUT2D eigenvalue weighted by molar-refractivity contribution is -0.121. The highest BCUT2D eigenvalue weighted by Gasteiger charge is 2.37. The smallest absolute Gasteiger partial charge is 0.251 e. The summed E-state index contributed by atoms with van der Waals surface area (Å²) >= 11 is 0. The van der Waals surface area contributed by atoms with Gasteiger partial charge in [-0.25, -0.2) is 0 Å². The van der Waals surface area contributed by atoms with Gasteiger partial charge in [0, 0.05) is 30.6 Å². The SMILES string of the molecule is CCC=CCC=CCC=CCC=CCC=CCC=CCCC(=O)NCCOCCNC(=O)c1ccc(C=CC(=O)c2ccc3c(c2)C(C)(C)CCC3(C)C)cc1. The molecule has 0 radical (unpaired) electrons. The summed E-state index contributed by atoms with van der Waals surface area (Å²) in [4.78, 5) is 37.8. The van der Waals surface area contributed by atoms with Crippen LogP contribution in [0.4, 0.5) is 0 Å². The Hall–Kier alpha value is -4.81. The molecule has 56 heavy (non-hydrogen) atoms. The number of amides is 2. The molecule has 2 aromatic carbocycles. The van der Waals surface area contributed by atoms with Crippen molar-refractivity contribution >= 4 is 23.7 Å². The minimum Gasteiger partial charge on any atom is -0.378 e. The van der Waals surface area contributed by atoms with Crippen LogP contribution in [0.15, 0.2) is 121 Å². The number of fused-ring (bicyclic) bond motifs is 1. The normalized spacial score (nSPS) is 15.3. The van der Waals surface area contributed by atoms with Crippen molar-refractivity contribution in [3.63, 3.8) is 0 Å². The molecule has 0 spiro atoms. The zero-order chi connectivity index (χ0) is 40.5. The Morgan fingerprint density at radius 2 is 1.12 bits per heavy atom. The Morgan fingerprint density at radius 1 is 0.625 bits per heavy atom. The number of nitrogens with one attached hydrogen (secondary N) is 2. The first-order valence-electron chi connectivity index (χ1n) is 20.5. The second kappa shape index (κ2) is 25.4. The van der Waals surface area contributed by atoms with Gasteiger partial charge < -0.3 is 15.4 Å². The van der Waals surface area contributed by atoms with Crippen LogP contribution in [0.2, 0.25) is 0 Å². The molecule has 1 aliphatic rings. The molecule has 2 aromatic rings. The lowest BCUT2D eigenvalue weighted by Gasteiger charge is -2.42. The van der Waals surface area contributed by atoms with Crippen LogP contribution in [0.5, 0.6) is 0 Å². The maximum absolute atomic E-state index is 13.1. The molecule has 0 atom stereocenters. The number of ketones is 1. The molecule has 0 bridgehead atoms. The Labute approximate surface area is 337 Å². The number of allylic oxidation sites excluding steroid dienone is 13. The van der Waals surface area contributed by atoms with Crippen LogP contribution in [-0.2, 0) is 20.4 Å². The topological polar surface area (TPSA) is 84.5 Å². The first-order valence-corrected chi connectivity index (χ1v) is 20.5. The standard InChI is InChI=1S/C50H66N2O4/c1-6-7-8-9-10-11-12-13-14-15-16-17-18-19-20-21-22-23-24-25-47(54)51-36-38-56-39-37-52-48(55)42-29-26-41(27-30-42)28-33-46(53)43-31-32-44-45(40-43)50(4,5)35-34-49(44,2)3/h7-8,10-11,13-14,16-17,19-20,22-23,26-33,40H,6,9,12,15,18,21,24-25,34-39H2,1-5H3,(H,51,54)(H,52,55). The van der Waals surface area contributed by atoms with E-state index in [0.29, 0.717) is 50.3 Å². The molecule has 2 amide bonds. The van der Waals surface area contributed by atoms with Crippen LogP contribution >= 0.6 is 0 Å². The van der Waals surface area contributed by atoms with Gasteiger partial charge in [-0.2, -0.15) is 0 Å². The number of rotatable bonds is 24. The highest BCUT2D eigenvalue weighted by Crippen LogP contribution is 2.46. The van der Waals surface area contributed by atoms with E-state index in [1.54, 1.807) is 24.3 Å². The first kappa shape index (κ1) is 45.6. The fourth-order valence-electron chi connectivity index (χ4n) is 6.40. The van der Waals surface area contributed by atoms with Gasteiger partial charge in [-0.05, 0) is 110 Å². The maximum Gasteiger partial charge on any atom is 0.251 e. The Kier molecular flexibility index (Phi) is 20.6. The lowest BCUT2D eigenvalue weighted by Crippen LogP contribution is -2.34. The monoisotopic (exact) mass is 759 g/mol. The molecule has 6 nitrogen and oxygen atoms in total. The van der Waals surface area contributed by atoms with Gasteiger partial charge in [-0.15, -0.1) is 0 Å². The largest absolute Gasteiger partial charge is 0.378 e. The van der Waals surface area contributed by atoms with Crippen molar-refractivity contribution in [1.29, 1.82) is 0 Å². The summed E-state index contributed by atoms with van der Waals surface area (Å²) in [7, 11) is 0. The van der Waals surface area contributed by atoms with Crippen molar-refractivity contribution in [3.8, 4) is 0 Å². The van der Waals surface area contributed by atoms with Gasteiger partial charge in [-0.3, -0.25) is 14.4 Å². The summed E-state index contributed by atoms with van der Waals surface area (Å²) < 4.78 is 5.57. The van der Waals surface area contributed by atoms with Gasteiger partial charge in [0.1, 0.15) is 0 Å². The quantitative estimate of drug-likeness (QED) is 0.0483. The summed E-state index contributed by atoms with van der Waals surface area (Å²) in [5, 5.41) is 5.73. The van der Waals surface area contributed by atoms with E-state index in [-0.39, 0.29) is 28.4 Å². The van der Waals surface area contributed by atoms with Gasteiger partial charge in [-0.1, -0.05) is 138 Å². The van der Waals surface area contributed by atoms with E-state index in [1.165, 1.54) is 11.1 Å². The van der Waals surface area contributed by atoms with Gasteiger partial charge in [0.05, 0.1) is 13.2 Å². The van der Waals surface area contributed by atoms with Crippen molar-refractivity contribution in [2.75, 3.05) is 26.3 Å². The molecule has 2 N–H and O–H groups in total. The number of ether oxygens (including phenoxy) is 1. The summed E-state index contributed by atoms with van der Waals surface area (Å²) in [5.41, 5.74) is 4.83. The summed E-state index contributed by atoms with van der Waals surface area (Å²) in [6, 6.07) is 13.3. The van der Waals surface area contributed by atoms with E-state index < -0.39 is 0 Å².